The molecule has 0 aromatic carbocycles. The van der Waals surface area contributed by atoms with Crippen LogP contribution in [0.5, 0.6) is 0 Å². The van der Waals surface area contributed by atoms with Gasteiger partial charge in [-0.25, -0.2) is 4.79 Å². The van der Waals surface area contributed by atoms with E-state index in [1.165, 1.54) is 18.1 Å². The van der Waals surface area contributed by atoms with Gasteiger partial charge >= 0.3 is 5.97 Å². The molecule has 1 amide bonds. The van der Waals surface area contributed by atoms with E-state index in [2.05, 4.69) is 6.58 Å². The van der Waals surface area contributed by atoms with Crippen LogP contribution in [0.2, 0.25) is 0 Å². The topological polar surface area (TPSA) is 89.8 Å². The number of nitrogens with zero attached hydrogens (tertiary/aromatic N) is 2. The molecule has 7 nitrogen and oxygen atoms in total. The van der Waals surface area contributed by atoms with Crippen LogP contribution in [0.3, 0.4) is 0 Å². The highest BCUT2D eigenvalue weighted by atomic mass is 16.6. The summed E-state index contributed by atoms with van der Waals surface area (Å²) in [7, 11) is 1.29. The van der Waals surface area contributed by atoms with Gasteiger partial charge in [0.25, 0.3) is 11.6 Å². The Morgan fingerprint density at radius 2 is 2.00 bits per heavy atom. The molecule has 0 saturated carbocycles. The average molecular weight is 320 g/mol. The van der Waals surface area contributed by atoms with E-state index in [9.17, 15) is 19.7 Å². The van der Waals surface area contributed by atoms with Crippen LogP contribution in [0, 0.1) is 10.1 Å². The summed E-state index contributed by atoms with van der Waals surface area (Å²) in [6.07, 6.45) is 7.03. The molecule has 0 radical (unpaired) electrons. The van der Waals surface area contributed by atoms with Crippen LogP contribution in [-0.2, 0) is 14.3 Å². The maximum atomic E-state index is 12.9. The van der Waals surface area contributed by atoms with Crippen molar-refractivity contribution in [2.45, 2.75) is 44.2 Å². The Bertz CT molecular complexity index is 612. The minimum atomic E-state index is -0.998. The van der Waals surface area contributed by atoms with Crippen LogP contribution in [0.1, 0.15) is 32.6 Å². The first-order valence-corrected chi connectivity index (χ1v) is 7.47. The zero-order chi connectivity index (χ0) is 17.2. The van der Waals surface area contributed by atoms with Crippen molar-refractivity contribution in [2.24, 2.45) is 0 Å². The Balaban J connectivity index is 2.42. The van der Waals surface area contributed by atoms with Gasteiger partial charge in [0, 0.05) is 6.04 Å². The third-order valence-electron chi connectivity index (χ3n) is 4.61. The molecule has 2 saturated heterocycles. The second-order valence-corrected chi connectivity index (χ2v) is 5.74. The predicted molar refractivity (Wildman–Crippen MR) is 82.9 cm³/mol. The van der Waals surface area contributed by atoms with E-state index in [1.54, 1.807) is 19.1 Å². The van der Waals surface area contributed by atoms with Gasteiger partial charge in [-0.05, 0) is 45.3 Å². The van der Waals surface area contributed by atoms with Crippen molar-refractivity contribution < 1.29 is 19.2 Å². The smallest absolute Gasteiger partial charge is 0.331 e. The van der Waals surface area contributed by atoms with E-state index in [0.29, 0.717) is 25.7 Å². The summed E-state index contributed by atoms with van der Waals surface area (Å²) < 4.78 is 4.88. The van der Waals surface area contributed by atoms with Gasteiger partial charge in [0.2, 0.25) is 0 Å². The number of fused-ring (bicyclic) bond motifs is 2. The molecule has 0 N–H and O–H groups in total. The Morgan fingerprint density at radius 3 is 2.48 bits per heavy atom. The van der Waals surface area contributed by atoms with Crippen LogP contribution >= 0.6 is 0 Å². The maximum absolute atomic E-state index is 12.9. The van der Waals surface area contributed by atoms with Gasteiger partial charge in [0.15, 0.2) is 0 Å². The van der Waals surface area contributed by atoms with E-state index >= 15 is 0 Å². The number of carbonyl (C=O) groups is 2. The summed E-state index contributed by atoms with van der Waals surface area (Å²) in [5.74, 6) is -0.988. The van der Waals surface area contributed by atoms with Gasteiger partial charge < -0.3 is 9.64 Å². The third kappa shape index (κ3) is 2.67. The number of hydrogen-bond donors (Lipinski definition) is 0. The van der Waals surface area contributed by atoms with Crippen LogP contribution < -0.4 is 0 Å². The molecule has 2 heterocycles. The Labute approximate surface area is 134 Å². The molecule has 2 aliphatic heterocycles. The highest BCUT2D eigenvalue weighted by Crippen LogP contribution is 2.48. The van der Waals surface area contributed by atoms with Crippen molar-refractivity contribution in [3.63, 3.8) is 0 Å². The maximum Gasteiger partial charge on any atom is 0.331 e. The lowest BCUT2D eigenvalue weighted by molar-refractivity contribution is -0.419. The summed E-state index contributed by atoms with van der Waals surface area (Å²) >= 11 is 0. The SMILES string of the molecule is C=C(/C(=C\C=C/C)C(=O)N1C2CCC1(C(=O)OC)CC2)[N+](=O)[O-]. The van der Waals surface area contributed by atoms with Gasteiger partial charge in [-0.1, -0.05) is 12.2 Å². The molecule has 0 unspecified atom stereocenters. The molecular weight excluding hydrogens is 300 g/mol. The minimum Gasteiger partial charge on any atom is -0.467 e. The third-order valence-corrected chi connectivity index (χ3v) is 4.61. The number of methoxy groups -OCH3 is 1. The van der Waals surface area contributed by atoms with E-state index in [4.69, 9.17) is 4.74 Å². The molecule has 124 valence electrons. The Hall–Kier alpha value is -2.44. The summed E-state index contributed by atoms with van der Waals surface area (Å²) in [5, 5.41) is 11.1. The van der Waals surface area contributed by atoms with Gasteiger partial charge in [0.05, 0.1) is 12.0 Å². The van der Waals surface area contributed by atoms with Crippen molar-refractivity contribution in [1.29, 1.82) is 0 Å². The highest BCUT2D eigenvalue weighted by Gasteiger charge is 2.59. The summed E-state index contributed by atoms with van der Waals surface area (Å²) in [6.45, 7) is 5.13. The van der Waals surface area contributed by atoms with Gasteiger partial charge in [-0.2, -0.15) is 0 Å². The van der Waals surface area contributed by atoms with Crippen LogP contribution in [0.25, 0.3) is 0 Å². The summed E-state index contributed by atoms with van der Waals surface area (Å²) in [5.41, 5.74) is -1.57. The number of hydrogen-bond acceptors (Lipinski definition) is 5. The van der Waals surface area contributed by atoms with Gasteiger partial charge in [-0.3, -0.25) is 14.9 Å². The van der Waals surface area contributed by atoms with Crippen LogP contribution in [0.15, 0.2) is 36.1 Å². The monoisotopic (exact) mass is 320 g/mol. The number of ether oxygens (including phenoxy) is 1. The van der Waals surface area contributed by atoms with Crippen LogP contribution in [0.4, 0.5) is 0 Å². The van der Waals surface area contributed by atoms with E-state index in [-0.39, 0.29) is 11.6 Å². The number of esters is 1. The van der Waals surface area contributed by atoms with Crippen molar-refractivity contribution in [3.05, 3.63) is 46.2 Å². The molecular formula is C16H20N2O5. The molecule has 0 aromatic heterocycles. The predicted octanol–water partition coefficient (Wildman–Crippen LogP) is 1.98. The molecule has 0 aromatic rings. The van der Waals surface area contributed by atoms with Gasteiger partial charge in [-0.15, -0.1) is 0 Å². The lowest BCUT2D eigenvalue weighted by Gasteiger charge is -2.32. The number of allylic oxidation sites excluding steroid dienone is 3. The first-order valence-electron chi connectivity index (χ1n) is 7.47. The van der Waals surface area contributed by atoms with Crippen molar-refractivity contribution in [3.8, 4) is 0 Å². The molecule has 2 rings (SSSR count). The highest BCUT2D eigenvalue weighted by molar-refractivity contribution is 6.01. The van der Waals surface area contributed by atoms with Crippen molar-refractivity contribution in [2.75, 3.05) is 7.11 Å². The second-order valence-electron chi connectivity index (χ2n) is 5.74. The average Bonchev–Trinajstić information content (AvgIpc) is 3.10. The molecule has 7 heteroatoms. The summed E-state index contributed by atoms with van der Waals surface area (Å²) in [6, 6.07) is -0.0878. The molecule has 0 aliphatic carbocycles. The number of carbonyl (C=O) groups excluding carboxylic acids is 2. The first-order chi connectivity index (χ1) is 10.9. The van der Waals surface area contributed by atoms with Crippen LogP contribution in [-0.4, -0.2) is 40.4 Å². The quantitative estimate of drug-likeness (QED) is 0.254. The Morgan fingerprint density at radius 1 is 1.39 bits per heavy atom. The molecule has 2 bridgehead atoms. The normalized spacial score (nSPS) is 26.6. The molecule has 2 fully saturated rings. The standard InChI is InChI=1S/C16H20N2O5/c1-4-5-6-13(11(2)18(21)22)14(19)17-12-7-9-16(17,10-8-12)15(20)23-3/h4-6,12H,2,7-10H2,1,3H3/b5-4-,13-6+. The molecule has 0 spiro atoms. The fraction of sp³-hybridized carbons (Fsp3) is 0.500. The summed E-state index contributed by atoms with van der Waals surface area (Å²) in [4.78, 5) is 37.0. The molecule has 2 aliphatic rings. The lowest BCUT2D eigenvalue weighted by Crippen LogP contribution is -2.52. The van der Waals surface area contributed by atoms with Crippen molar-refractivity contribution >= 4 is 11.9 Å². The number of rotatable bonds is 5. The Kier molecular flexibility index (Phi) is 4.68. The van der Waals surface area contributed by atoms with E-state index in [0.717, 1.165) is 0 Å². The fourth-order valence-electron chi connectivity index (χ4n) is 3.49. The zero-order valence-electron chi connectivity index (χ0n) is 13.3. The number of nitro groups is 1. The first kappa shape index (κ1) is 16.9. The largest absolute Gasteiger partial charge is 0.467 e. The molecule has 23 heavy (non-hydrogen) atoms. The lowest BCUT2D eigenvalue weighted by atomic mass is 9.88. The van der Waals surface area contributed by atoms with Gasteiger partial charge in [0.1, 0.15) is 11.1 Å². The molecule has 0 atom stereocenters. The fourth-order valence-corrected chi connectivity index (χ4v) is 3.49. The number of amides is 1. The van der Waals surface area contributed by atoms with E-state index < -0.39 is 28.0 Å². The van der Waals surface area contributed by atoms with Crippen molar-refractivity contribution in [1.82, 2.24) is 4.90 Å². The zero-order valence-corrected chi connectivity index (χ0v) is 13.3. The second kappa shape index (κ2) is 6.36. The minimum absolute atomic E-state index is 0.0878. The van der Waals surface area contributed by atoms with E-state index in [1.807, 2.05) is 0 Å².